The smallest absolute Gasteiger partial charge is 0.434 e. The van der Waals surface area contributed by atoms with Crippen LogP contribution in [0.1, 0.15) is 27.2 Å². The number of alkyl carbamates (subject to hydrolysis) is 1. The number of carboxylic acid groups (broad SMARTS) is 1. The summed E-state index contributed by atoms with van der Waals surface area (Å²) in [5, 5.41) is 19.5. The molecule has 0 aromatic heterocycles. The fraction of sp³-hybridized carbons (Fsp3) is 0.667. The van der Waals surface area contributed by atoms with Gasteiger partial charge in [-0.05, 0) is 20.8 Å². The summed E-state index contributed by atoms with van der Waals surface area (Å²) in [7, 11) is 1.19. The van der Waals surface area contributed by atoms with E-state index in [0.717, 1.165) is 5.06 Å². The van der Waals surface area contributed by atoms with Gasteiger partial charge in [0.25, 0.3) is 0 Å². The van der Waals surface area contributed by atoms with E-state index in [1.165, 1.54) is 13.2 Å². The molecular formula is C18H30N4O8. The summed E-state index contributed by atoms with van der Waals surface area (Å²) < 4.78 is 9.82. The first kappa shape index (κ1) is 25.2. The van der Waals surface area contributed by atoms with Crippen molar-refractivity contribution in [3.8, 4) is 0 Å². The van der Waals surface area contributed by atoms with Crippen molar-refractivity contribution in [2.24, 2.45) is 5.16 Å². The SMILES string of the molecule is C=CCON(C(=O)OC)[C@H]1CN[C@H](C(=O)O)CC1=NOCCNC(=O)OC(C)(C)C. The summed E-state index contributed by atoms with van der Waals surface area (Å²) in [6.07, 6.45) is 0.0441. The Morgan fingerprint density at radius 2 is 2.10 bits per heavy atom. The Bertz CT molecular complexity index is 647. The Hall–Kier alpha value is -2.86. The van der Waals surface area contributed by atoms with Crippen LogP contribution in [0.3, 0.4) is 0 Å². The van der Waals surface area contributed by atoms with Crippen LogP contribution in [0.15, 0.2) is 17.8 Å². The van der Waals surface area contributed by atoms with Crippen LogP contribution in [0.4, 0.5) is 9.59 Å². The number of rotatable bonds is 9. The van der Waals surface area contributed by atoms with Gasteiger partial charge in [-0.1, -0.05) is 11.2 Å². The molecule has 0 saturated carbocycles. The lowest BCUT2D eigenvalue weighted by Gasteiger charge is -2.34. The number of nitrogens with one attached hydrogen (secondary N) is 2. The number of nitrogens with zero attached hydrogens (tertiary/aromatic N) is 2. The summed E-state index contributed by atoms with van der Waals surface area (Å²) >= 11 is 0. The molecule has 1 aliphatic heterocycles. The predicted molar refractivity (Wildman–Crippen MR) is 106 cm³/mol. The molecular weight excluding hydrogens is 400 g/mol. The van der Waals surface area contributed by atoms with Crippen LogP contribution in [-0.4, -0.2) is 85.1 Å². The number of hydrogen-bond acceptors (Lipinski definition) is 9. The van der Waals surface area contributed by atoms with E-state index in [9.17, 15) is 19.5 Å². The van der Waals surface area contributed by atoms with E-state index in [2.05, 4.69) is 22.4 Å². The first-order valence-electron chi connectivity index (χ1n) is 9.31. The average Bonchev–Trinajstić information content (AvgIpc) is 2.66. The van der Waals surface area contributed by atoms with Gasteiger partial charge in [0.1, 0.15) is 24.3 Å². The van der Waals surface area contributed by atoms with Crippen LogP contribution in [0.5, 0.6) is 0 Å². The summed E-state index contributed by atoms with van der Waals surface area (Å²) in [5.41, 5.74) is -0.352. The number of hydrogen-bond donors (Lipinski definition) is 3. The highest BCUT2D eigenvalue weighted by atomic mass is 16.7. The molecule has 2 atom stereocenters. The number of aliphatic carboxylic acids is 1. The van der Waals surface area contributed by atoms with Crippen molar-refractivity contribution < 1.29 is 38.6 Å². The number of carbonyl (C=O) groups is 3. The number of oxime groups is 1. The van der Waals surface area contributed by atoms with E-state index in [1.807, 2.05) is 0 Å². The van der Waals surface area contributed by atoms with Crippen molar-refractivity contribution in [3.63, 3.8) is 0 Å². The van der Waals surface area contributed by atoms with Crippen LogP contribution in [-0.2, 0) is 23.9 Å². The quantitative estimate of drug-likeness (QED) is 0.275. The molecule has 0 radical (unpaired) electrons. The summed E-state index contributed by atoms with van der Waals surface area (Å²) in [6, 6.07) is -1.66. The highest BCUT2D eigenvalue weighted by molar-refractivity contribution is 5.96. The Kier molecular flexibility index (Phi) is 10.1. The van der Waals surface area contributed by atoms with E-state index in [1.54, 1.807) is 20.8 Å². The van der Waals surface area contributed by atoms with E-state index >= 15 is 0 Å². The van der Waals surface area contributed by atoms with Gasteiger partial charge in [-0.2, -0.15) is 5.06 Å². The van der Waals surface area contributed by atoms with E-state index in [-0.39, 0.29) is 38.4 Å². The van der Waals surface area contributed by atoms with Gasteiger partial charge in [-0.3, -0.25) is 9.63 Å². The Morgan fingerprint density at radius 3 is 2.67 bits per heavy atom. The second-order valence-electron chi connectivity index (χ2n) is 7.24. The molecule has 1 heterocycles. The molecule has 1 rings (SSSR count). The van der Waals surface area contributed by atoms with Crippen LogP contribution < -0.4 is 10.6 Å². The second kappa shape index (κ2) is 12.0. The lowest BCUT2D eigenvalue weighted by molar-refractivity contribution is -0.144. The summed E-state index contributed by atoms with van der Waals surface area (Å²) in [5.74, 6) is -1.07. The molecule has 0 aliphatic carbocycles. The molecule has 1 saturated heterocycles. The zero-order valence-electron chi connectivity index (χ0n) is 17.7. The molecule has 3 N–H and O–H groups in total. The third kappa shape index (κ3) is 8.66. The standard InChI is InChI=1S/C18H30N4O8/c1-6-8-29-22(17(26)27-5)14-11-20-13(15(23)24)10-12(14)21-28-9-7-19-16(25)30-18(2,3)4/h6,13-14,20H,1,7-11H2,2-5H3,(H,19,25)(H,23,24)/t13-,14-/m0/s1. The highest BCUT2D eigenvalue weighted by Crippen LogP contribution is 2.15. The van der Waals surface area contributed by atoms with Crippen molar-refractivity contribution in [1.82, 2.24) is 15.7 Å². The zero-order valence-corrected chi connectivity index (χ0v) is 17.7. The molecule has 0 aromatic rings. The maximum Gasteiger partial charge on any atom is 0.434 e. The van der Waals surface area contributed by atoms with Gasteiger partial charge in [-0.15, -0.1) is 6.58 Å². The molecule has 170 valence electrons. The lowest BCUT2D eigenvalue weighted by atomic mass is 9.98. The van der Waals surface area contributed by atoms with E-state index < -0.39 is 35.8 Å². The Morgan fingerprint density at radius 1 is 1.40 bits per heavy atom. The number of hydroxylamine groups is 2. The molecule has 12 nitrogen and oxygen atoms in total. The van der Waals surface area contributed by atoms with Crippen LogP contribution >= 0.6 is 0 Å². The van der Waals surface area contributed by atoms with Crippen molar-refractivity contribution in [2.75, 3.05) is 33.4 Å². The van der Waals surface area contributed by atoms with Crippen LogP contribution in [0.25, 0.3) is 0 Å². The molecule has 0 bridgehead atoms. The number of carboxylic acids is 1. The van der Waals surface area contributed by atoms with E-state index in [4.69, 9.17) is 19.1 Å². The number of methoxy groups -OCH3 is 1. The molecule has 1 aliphatic rings. The molecule has 12 heteroatoms. The molecule has 2 amide bonds. The lowest BCUT2D eigenvalue weighted by Crippen LogP contribution is -2.58. The normalized spacial score (nSPS) is 20.2. The molecule has 0 unspecified atom stereocenters. The summed E-state index contributed by atoms with van der Waals surface area (Å²) in [4.78, 5) is 45.6. The maximum absolute atomic E-state index is 12.1. The van der Waals surface area contributed by atoms with Crippen LogP contribution in [0, 0.1) is 0 Å². The van der Waals surface area contributed by atoms with Gasteiger partial charge in [0.15, 0.2) is 0 Å². The largest absolute Gasteiger partial charge is 0.480 e. The van der Waals surface area contributed by atoms with Gasteiger partial charge in [0, 0.05) is 13.0 Å². The van der Waals surface area contributed by atoms with Crippen molar-refractivity contribution >= 4 is 23.9 Å². The Balaban J connectivity index is 2.78. The predicted octanol–water partition coefficient (Wildman–Crippen LogP) is 0.885. The molecule has 0 aromatic carbocycles. The number of amides is 2. The third-order valence-electron chi connectivity index (χ3n) is 3.67. The Labute approximate surface area is 175 Å². The zero-order chi connectivity index (χ0) is 22.7. The first-order chi connectivity index (χ1) is 14.1. The van der Waals surface area contributed by atoms with Gasteiger partial charge < -0.3 is 30.1 Å². The van der Waals surface area contributed by atoms with Crippen molar-refractivity contribution in [2.45, 2.75) is 44.9 Å². The minimum absolute atomic E-state index is 0.00632. The third-order valence-corrected chi connectivity index (χ3v) is 3.67. The average molecular weight is 430 g/mol. The fourth-order valence-corrected chi connectivity index (χ4v) is 2.41. The van der Waals surface area contributed by atoms with E-state index in [0.29, 0.717) is 0 Å². The second-order valence-corrected chi connectivity index (χ2v) is 7.24. The minimum Gasteiger partial charge on any atom is -0.480 e. The highest BCUT2D eigenvalue weighted by Gasteiger charge is 2.38. The maximum atomic E-state index is 12.1. The first-order valence-corrected chi connectivity index (χ1v) is 9.31. The van der Waals surface area contributed by atoms with Crippen LogP contribution in [0.2, 0.25) is 0 Å². The number of carbonyl (C=O) groups excluding carboxylic acids is 2. The van der Waals surface area contributed by atoms with Gasteiger partial charge in [0.2, 0.25) is 0 Å². The number of ether oxygens (including phenoxy) is 2. The summed E-state index contributed by atoms with van der Waals surface area (Å²) in [6.45, 7) is 8.96. The van der Waals surface area contributed by atoms with Gasteiger partial charge in [0.05, 0.1) is 26.0 Å². The molecule has 30 heavy (non-hydrogen) atoms. The fourth-order valence-electron chi connectivity index (χ4n) is 2.41. The number of piperidine rings is 1. The molecule has 1 fully saturated rings. The van der Waals surface area contributed by atoms with Gasteiger partial charge in [-0.25, -0.2) is 9.59 Å². The van der Waals surface area contributed by atoms with Crippen molar-refractivity contribution in [3.05, 3.63) is 12.7 Å². The minimum atomic E-state index is -1.07. The van der Waals surface area contributed by atoms with Gasteiger partial charge >= 0.3 is 18.2 Å². The van der Waals surface area contributed by atoms with Crippen molar-refractivity contribution in [1.29, 1.82) is 0 Å². The topological polar surface area (TPSA) is 148 Å². The molecule has 0 spiro atoms. The monoisotopic (exact) mass is 430 g/mol.